The molecule has 2 amide bonds. The number of rotatable bonds is 6. The molecular weight excluding hydrogens is 360 g/mol. The smallest absolute Gasteiger partial charge is 0.255 e. The summed E-state index contributed by atoms with van der Waals surface area (Å²) in [5.74, 6) is 2.00. The standard InChI is InChI=1S/C21H30N2O3S/c1-3-4-5-9-19(24)22-12-10-21(11-13-22)23(14-15-27-21)20(25)17-7-6-8-18(16-17)26-2/h6-8,16H,3-5,9-15H2,1-2H3. The zero-order chi connectivity index (χ0) is 19.3. The van der Waals surface area contributed by atoms with E-state index < -0.39 is 0 Å². The molecule has 0 atom stereocenters. The van der Waals surface area contributed by atoms with Crippen LogP contribution in [-0.4, -0.2) is 59.0 Å². The van der Waals surface area contributed by atoms with Gasteiger partial charge in [-0.25, -0.2) is 0 Å². The van der Waals surface area contributed by atoms with Crippen molar-refractivity contribution in [3.63, 3.8) is 0 Å². The van der Waals surface area contributed by atoms with Gasteiger partial charge in [-0.15, -0.1) is 11.8 Å². The Hall–Kier alpha value is -1.69. The lowest BCUT2D eigenvalue weighted by Gasteiger charge is -2.44. The molecule has 2 saturated heterocycles. The summed E-state index contributed by atoms with van der Waals surface area (Å²) in [5, 5.41) is 0. The number of benzene rings is 1. The number of likely N-dealkylation sites (tertiary alicyclic amines) is 1. The second kappa shape index (κ2) is 9.00. The molecule has 2 aliphatic rings. The predicted molar refractivity (Wildman–Crippen MR) is 109 cm³/mol. The van der Waals surface area contributed by atoms with Crippen molar-refractivity contribution < 1.29 is 14.3 Å². The number of nitrogens with zero attached hydrogens (tertiary/aromatic N) is 2. The summed E-state index contributed by atoms with van der Waals surface area (Å²) in [6, 6.07) is 7.38. The van der Waals surface area contributed by atoms with Gasteiger partial charge in [0.25, 0.3) is 5.91 Å². The maximum absolute atomic E-state index is 13.2. The van der Waals surface area contributed by atoms with Crippen LogP contribution in [0.4, 0.5) is 0 Å². The third-order valence-corrected chi connectivity index (χ3v) is 7.18. The fourth-order valence-electron chi connectivity index (χ4n) is 4.01. The maximum atomic E-state index is 13.2. The van der Waals surface area contributed by atoms with Gasteiger partial charge in [0.2, 0.25) is 5.91 Å². The Morgan fingerprint density at radius 1 is 1.19 bits per heavy atom. The molecular formula is C21H30N2O3S. The minimum Gasteiger partial charge on any atom is -0.497 e. The van der Waals surface area contributed by atoms with Gasteiger partial charge in [0.15, 0.2) is 0 Å². The van der Waals surface area contributed by atoms with Gasteiger partial charge in [0.05, 0.1) is 12.0 Å². The molecule has 0 N–H and O–H groups in total. The summed E-state index contributed by atoms with van der Waals surface area (Å²) in [4.78, 5) is 29.4. The number of hydrogen-bond donors (Lipinski definition) is 0. The van der Waals surface area contributed by atoms with Crippen molar-refractivity contribution in [2.75, 3.05) is 32.5 Å². The number of carbonyl (C=O) groups excluding carboxylic acids is 2. The Balaban J connectivity index is 1.64. The first-order valence-corrected chi connectivity index (χ1v) is 11.0. The zero-order valence-electron chi connectivity index (χ0n) is 16.4. The predicted octanol–water partition coefficient (Wildman–Crippen LogP) is 3.78. The molecule has 2 fully saturated rings. The molecule has 3 rings (SSSR count). The molecule has 1 aromatic carbocycles. The van der Waals surface area contributed by atoms with E-state index in [1.165, 1.54) is 0 Å². The van der Waals surface area contributed by atoms with E-state index in [2.05, 4.69) is 6.92 Å². The van der Waals surface area contributed by atoms with Crippen molar-refractivity contribution >= 4 is 23.6 Å². The molecule has 148 valence electrons. The highest BCUT2D eigenvalue weighted by molar-refractivity contribution is 8.00. The summed E-state index contributed by atoms with van der Waals surface area (Å²) in [6.07, 6.45) is 5.59. The minimum absolute atomic E-state index is 0.0709. The van der Waals surface area contributed by atoms with Gasteiger partial charge in [-0.05, 0) is 37.5 Å². The average Bonchev–Trinajstić information content (AvgIpc) is 3.11. The largest absolute Gasteiger partial charge is 0.497 e. The van der Waals surface area contributed by atoms with Gasteiger partial charge >= 0.3 is 0 Å². The van der Waals surface area contributed by atoms with Crippen LogP contribution in [0.25, 0.3) is 0 Å². The Labute approximate surface area is 166 Å². The SMILES string of the molecule is CCCCCC(=O)N1CCC2(CC1)SCCN2C(=O)c1cccc(OC)c1. The molecule has 0 bridgehead atoms. The molecule has 2 aliphatic heterocycles. The van der Waals surface area contributed by atoms with Crippen LogP contribution in [0.15, 0.2) is 24.3 Å². The molecule has 0 unspecified atom stereocenters. The number of unbranched alkanes of at least 4 members (excludes halogenated alkanes) is 2. The maximum Gasteiger partial charge on any atom is 0.255 e. The van der Waals surface area contributed by atoms with Crippen LogP contribution >= 0.6 is 11.8 Å². The fraction of sp³-hybridized carbons (Fsp3) is 0.619. The van der Waals surface area contributed by atoms with Gasteiger partial charge in [0, 0.05) is 37.4 Å². The Kier molecular flexibility index (Phi) is 6.68. The quantitative estimate of drug-likeness (QED) is 0.694. The summed E-state index contributed by atoms with van der Waals surface area (Å²) in [5.41, 5.74) is 0.675. The zero-order valence-corrected chi connectivity index (χ0v) is 17.2. The number of piperidine rings is 1. The molecule has 0 radical (unpaired) electrons. The van der Waals surface area contributed by atoms with Crippen LogP contribution in [0.5, 0.6) is 5.75 Å². The van der Waals surface area contributed by atoms with Crippen molar-refractivity contribution in [2.45, 2.75) is 50.3 Å². The van der Waals surface area contributed by atoms with E-state index in [9.17, 15) is 9.59 Å². The highest BCUT2D eigenvalue weighted by Gasteiger charge is 2.47. The van der Waals surface area contributed by atoms with Crippen LogP contribution in [0.2, 0.25) is 0 Å². The first-order valence-electron chi connectivity index (χ1n) is 9.97. The summed E-state index contributed by atoms with van der Waals surface area (Å²) >= 11 is 1.88. The third kappa shape index (κ3) is 4.42. The second-order valence-corrected chi connectivity index (χ2v) is 8.78. The lowest BCUT2D eigenvalue weighted by atomic mass is 10.00. The van der Waals surface area contributed by atoms with Crippen molar-refractivity contribution in [2.24, 2.45) is 0 Å². The molecule has 2 heterocycles. The Morgan fingerprint density at radius 2 is 1.96 bits per heavy atom. The van der Waals surface area contributed by atoms with Gasteiger partial charge in [-0.3, -0.25) is 9.59 Å². The lowest BCUT2D eigenvalue weighted by molar-refractivity contribution is -0.132. The molecule has 6 heteroatoms. The molecule has 5 nitrogen and oxygen atoms in total. The van der Waals surface area contributed by atoms with Gasteiger partial charge in [0.1, 0.15) is 5.75 Å². The Morgan fingerprint density at radius 3 is 2.67 bits per heavy atom. The van der Waals surface area contributed by atoms with E-state index in [0.717, 1.165) is 57.5 Å². The van der Waals surface area contributed by atoms with E-state index in [1.54, 1.807) is 7.11 Å². The Bertz CT molecular complexity index is 671. The highest BCUT2D eigenvalue weighted by atomic mass is 32.2. The summed E-state index contributed by atoms with van der Waals surface area (Å²) in [7, 11) is 1.62. The molecule has 1 spiro atoms. The lowest BCUT2D eigenvalue weighted by Crippen LogP contribution is -2.53. The fourth-order valence-corrected chi connectivity index (χ4v) is 5.47. The molecule has 1 aromatic rings. The first-order chi connectivity index (χ1) is 13.1. The van der Waals surface area contributed by atoms with E-state index in [4.69, 9.17) is 4.74 Å². The topological polar surface area (TPSA) is 49.9 Å². The number of carbonyl (C=O) groups is 2. The number of thioether (sulfide) groups is 1. The van der Waals surface area contributed by atoms with E-state index in [1.807, 2.05) is 45.8 Å². The van der Waals surface area contributed by atoms with Crippen molar-refractivity contribution in [3.05, 3.63) is 29.8 Å². The minimum atomic E-state index is -0.166. The van der Waals surface area contributed by atoms with E-state index in [0.29, 0.717) is 17.7 Å². The van der Waals surface area contributed by atoms with Crippen LogP contribution in [0, 0.1) is 0 Å². The van der Waals surface area contributed by atoms with Crippen LogP contribution < -0.4 is 4.74 Å². The van der Waals surface area contributed by atoms with Crippen molar-refractivity contribution in [1.82, 2.24) is 9.80 Å². The molecule has 0 aliphatic carbocycles. The first kappa shape index (κ1) is 20.1. The van der Waals surface area contributed by atoms with Crippen LogP contribution in [0.1, 0.15) is 55.8 Å². The number of hydrogen-bond acceptors (Lipinski definition) is 4. The number of ether oxygens (including phenoxy) is 1. The van der Waals surface area contributed by atoms with E-state index in [-0.39, 0.29) is 16.7 Å². The molecule has 0 saturated carbocycles. The third-order valence-electron chi connectivity index (χ3n) is 5.63. The number of methoxy groups -OCH3 is 1. The normalized spacial score (nSPS) is 18.7. The summed E-state index contributed by atoms with van der Waals surface area (Å²) in [6.45, 7) is 4.42. The van der Waals surface area contributed by atoms with Crippen molar-refractivity contribution in [3.8, 4) is 5.75 Å². The summed E-state index contributed by atoms with van der Waals surface area (Å²) < 4.78 is 5.27. The second-order valence-electron chi connectivity index (χ2n) is 7.32. The van der Waals surface area contributed by atoms with Gasteiger partial charge in [-0.2, -0.15) is 0 Å². The number of amides is 2. The monoisotopic (exact) mass is 390 g/mol. The van der Waals surface area contributed by atoms with Gasteiger partial charge in [-0.1, -0.05) is 25.8 Å². The molecule has 27 heavy (non-hydrogen) atoms. The van der Waals surface area contributed by atoms with Crippen molar-refractivity contribution in [1.29, 1.82) is 0 Å². The average molecular weight is 391 g/mol. The van der Waals surface area contributed by atoms with Gasteiger partial charge < -0.3 is 14.5 Å². The molecule has 0 aromatic heterocycles. The van der Waals surface area contributed by atoms with Crippen LogP contribution in [-0.2, 0) is 4.79 Å². The van der Waals surface area contributed by atoms with E-state index >= 15 is 0 Å². The highest BCUT2D eigenvalue weighted by Crippen LogP contribution is 2.44. The van der Waals surface area contributed by atoms with Crippen LogP contribution in [0.3, 0.4) is 0 Å².